The van der Waals surface area contributed by atoms with Crippen molar-refractivity contribution in [1.29, 1.82) is 0 Å². The molecule has 1 atom stereocenters. The minimum absolute atomic E-state index is 0.0757. The van der Waals surface area contributed by atoms with Crippen molar-refractivity contribution in [3.05, 3.63) is 24.3 Å². The average Bonchev–Trinajstić information content (AvgIpc) is 2.29. The summed E-state index contributed by atoms with van der Waals surface area (Å²) >= 11 is 1.65. The smallest absolute Gasteiger partial charge is 0.152 e. The molecule has 0 bridgehead atoms. The van der Waals surface area contributed by atoms with E-state index in [2.05, 4.69) is 5.32 Å². The van der Waals surface area contributed by atoms with E-state index in [1.54, 1.807) is 18.7 Å². The van der Waals surface area contributed by atoms with Crippen molar-refractivity contribution in [2.45, 2.75) is 24.8 Å². The molecule has 0 heterocycles. The summed E-state index contributed by atoms with van der Waals surface area (Å²) in [5.41, 5.74) is 0.999. The molecule has 0 aromatic heterocycles. The molecule has 0 aliphatic carbocycles. The fraction of sp³-hybridized carbons (Fsp3) is 0.500. The fourth-order valence-corrected chi connectivity index (χ4v) is 3.21. The van der Waals surface area contributed by atoms with Crippen molar-refractivity contribution in [3.8, 4) is 0 Å². The van der Waals surface area contributed by atoms with Crippen LogP contribution >= 0.6 is 11.8 Å². The summed E-state index contributed by atoms with van der Waals surface area (Å²) in [7, 11) is -2.93. The van der Waals surface area contributed by atoms with Crippen LogP contribution < -0.4 is 5.32 Å². The van der Waals surface area contributed by atoms with E-state index < -0.39 is 9.84 Å². The number of nitrogens with one attached hydrogen (secondary N) is 1. The molecule has 17 heavy (non-hydrogen) atoms. The first kappa shape index (κ1) is 14.4. The molecule has 0 amide bonds. The molecular formula is C12H19NO2S2. The molecule has 0 saturated carbocycles. The van der Waals surface area contributed by atoms with E-state index in [0.717, 1.165) is 10.6 Å². The molecule has 1 rings (SSSR count). The zero-order valence-electron chi connectivity index (χ0n) is 10.4. The Morgan fingerprint density at radius 3 is 2.59 bits per heavy atom. The highest BCUT2D eigenvalue weighted by molar-refractivity contribution is 7.98. The van der Waals surface area contributed by atoms with Crippen LogP contribution in [0.15, 0.2) is 29.2 Å². The second-order valence-corrected chi connectivity index (χ2v) is 7.19. The van der Waals surface area contributed by atoms with Gasteiger partial charge in [-0.3, -0.25) is 0 Å². The van der Waals surface area contributed by atoms with Crippen LogP contribution in [-0.2, 0) is 9.84 Å². The zero-order chi connectivity index (χ0) is 12.9. The van der Waals surface area contributed by atoms with Crippen LogP contribution in [0.5, 0.6) is 0 Å². The number of thioether (sulfide) groups is 1. The molecular weight excluding hydrogens is 254 g/mol. The molecule has 3 nitrogen and oxygen atoms in total. The van der Waals surface area contributed by atoms with Crippen LogP contribution in [0, 0.1) is 0 Å². The molecule has 1 unspecified atom stereocenters. The highest BCUT2D eigenvalue weighted by atomic mass is 32.2. The Labute approximate surface area is 108 Å². The Morgan fingerprint density at radius 1 is 1.35 bits per heavy atom. The lowest BCUT2D eigenvalue weighted by Gasteiger charge is -2.17. The third kappa shape index (κ3) is 4.60. The highest BCUT2D eigenvalue weighted by Gasteiger charge is 2.14. The number of hydrogen-bond acceptors (Lipinski definition) is 4. The van der Waals surface area contributed by atoms with E-state index >= 15 is 0 Å². The lowest BCUT2D eigenvalue weighted by atomic mass is 10.3. The number of benzene rings is 1. The fourth-order valence-electron chi connectivity index (χ4n) is 1.57. The largest absolute Gasteiger partial charge is 0.381 e. The van der Waals surface area contributed by atoms with Crippen LogP contribution in [-0.4, -0.2) is 32.2 Å². The second kappa shape index (κ2) is 6.31. The minimum Gasteiger partial charge on any atom is -0.381 e. The third-order valence-corrected chi connectivity index (χ3v) is 5.14. The summed E-state index contributed by atoms with van der Waals surface area (Å²) in [5.74, 6) is 0.370. The summed E-state index contributed by atoms with van der Waals surface area (Å²) in [6.45, 7) is 3.57. The van der Waals surface area contributed by atoms with Crippen molar-refractivity contribution >= 4 is 27.3 Å². The van der Waals surface area contributed by atoms with E-state index in [1.165, 1.54) is 0 Å². The standard InChI is InChI=1S/C12H19NO2S2/c1-4-17(14,15)9-10(2)13-11-7-5-6-8-12(11)16-3/h5-8,10,13H,4,9H2,1-3H3. The first-order valence-corrected chi connectivity index (χ1v) is 8.63. The summed E-state index contributed by atoms with van der Waals surface area (Å²) in [5, 5.41) is 3.25. The summed E-state index contributed by atoms with van der Waals surface area (Å²) < 4.78 is 23.0. The Kier molecular flexibility index (Phi) is 5.33. The molecule has 5 heteroatoms. The van der Waals surface area contributed by atoms with Gasteiger partial charge in [0.25, 0.3) is 0 Å². The highest BCUT2D eigenvalue weighted by Crippen LogP contribution is 2.25. The summed E-state index contributed by atoms with van der Waals surface area (Å²) in [6.07, 6.45) is 2.01. The van der Waals surface area contributed by atoms with E-state index in [4.69, 9.17) is 0 Å². The van der Waals surface area contributed by atoms with Gasteiger partial charge in [0.05, 0.1) is 5.75 Å². The third-order valence-electron chi connectivity index (χ3n) is 2.45. The first-order valence-electron chi connectivity index (χ1n) is 5.58. The van der Waals surface area contributed by atoms with Crippen LogP contribution in [0.25, 0.3) is 0 Å². The maximum absolute atomic E-state index is 11.5. The number of para-hydroxylation sites is 1. The minimum atomic E-state index is -2.93. The van der Waals surface area contributed by atoms with Gasteiger partial charge >= 0.3 is 0 Å². The predicted octanol–water partition coefficient (Wildman–Crippen LogP) is 2.64. The topological polar surface area (TPSA) is 46.2 Å². The molecule has 0 fully saturated rings. The average molecular weight is 273 g/mol. The van der Waals surface area contributed by atoms with Gasteiger partial charge in [0.1, 0.15) is 0 Å². The molecule has 0 spiro atoms. The van der Waals surface area contributed by atoms with Gasteiger partial charge in [0.2, 0.25) is 0 Å². The van der Waals surface area contributed by atoms with Gasteiger partial charge in [-0.05, 0) is 25.3 Å². The Morgan fingerprint density at radius 2 is 2.00 bits per heavy atom. The van der Waals surface area contributed by atoms with Gasteiger partial charge in [-0.15, -0.1) is 11.8 Å². The van der Waals surface area contributed by atoms with Gasteiger partial charge in [-0.25, -0.2) is 8.42 Å². The van der Waals surface area contributed by atoms with Crippen molar-refractivity contribution in [2.24, 2.45) is 0 Å². The summed E-state index contributed by atoms with van der Waals surface area (Å²) in [4.78, 5) is 1.13. The maximum atomic E-state index is 11.5. The SMILES string of the molecule is CCS(=O)(=O)CC(C)Nc1ccccc1SC. The molecule has 96 valence electrons. The monoisotopic (exact) mass is 273 g/mol. The van der Waals surface area contributed by atoms with Crippen molar-refractivity contribution in [3.63, 3.8) is 0 Å². The Balaban J connectivity index is 2.71. The van der Waals surface area contributed by atoms with Crippen molar-refractivity contribution < 1.29 is 8.42 Å². The van der Waals surface area contributed by atoms with E-state index in [1.807, 2.05) is 37.4 Å². The quantitative estimate of drug-likeness (QED) is 0.809. The van der Waals surface area contributed by atoms with Crippen LogP contribution in [0.4, 0.5) is 5.69 Å². The number of sulfone groups is 1. The van der Waals surface area contributed by atoms with E-state index in [-0.39, 0.29) is 17.5 Å². The van der Waals surface area contributed by atoms with Crippen molar-refractivity contribution in [1.82, 2.24) is 0 Å². The second-order valence-electron chi connectivity index (χ2n) is 3.94. The molecule has 1 aromatic carbocycles. The normalized spacial score (nSPS) is 13.4. The predicted molar refractivity (Wildman–Crippen MR) is 75.6 cm³/mol. The Hall–Kier alpha value is -0.680. The van der Waals surface area contributed by atoms with Gasteiger partial charge in [0, 0.05) is 22.4 Å². The first-order chi connectivity index (χ1) is 7.98. The number of rotatable bonds is 6. The zero-order valence-corrected chi connectivity index (χ0v) is 12.1. The van der Waals surface area contributed by atoms with Gasteiger partial charge < -0.3 is 5.32 Å². The van der Waals surface area contributed by atoms with Crippen LogP contribution in [0.3, 0.4) is 0 Å². The maximum Gasteiger partial charge on any atom is 0.152 e. The van der Waals surface area contributed by atoms with Gasteiger partial charge in [0.15, 0.2) is 9.84 Å². The lowest BCUT2D eigenvalue weighted by molar-refractivity contribution is 0.593. The van der Waals surface area contributed by atoms with Crippen LogP contribution in [0.1, 0.15) is 13.8 Å². The van der Waals surface area contributed by atoms with Gasteiger partial charge in [-0.1, -0.05) is 19.1 Å². The molecule has 0 saturated heterocycles. The van der Waals surface area contributed by atoms with Crippen LogP contribution in [0.2, 0.25) is 0 Å². The van der Waals surface area contributed by atoms with E-state index in [9.17, 15) is 8.42 Å². The van der Waals surface area contributed by atoms with Gasteiger partial charge in [-0.2, -0.15) is 0 Å². The molecule has 0 aliphatic rings. The number of anilines is 1. The van der Waals surface area contributed by atoms with Crippen molar-refractivity contribution in [2.75, 3.05) is 23.1 Å². The van der Waals surface area contributed by atoms with E-state index in [0.29, 0.717) is 0 Å². The molecule has 0 aliphatic heterocycles. The number of hydrogen-bond donors (Lipinski definition) is 1. The molecule has 1 N–H and O–H groups in total. The summed E-state index contributed by atoms with van der Waals surface area (Å²) in [6, 6.07) is 7.84. The molecule has 0 radical (unpaired) electrons. The Bertz CT molecular complexity index is 457. The molecule has 1 aromatic rings. The lowest BCUT2D eigenvalue weighted by Crippen LogP contribution is -2.26.